The van der Waals surface area contributed by atoms with Gasteiger partial charge in [-0.25, -0.2) is 9.38 Å². The minimum atomic E-state index is -4.42. The van der Waals surface area contributed by atoms with E-state index in [0.29, 0.717) is 0 Å². The van der Waals surface area contributed by atoms with Crippen molar-refractivity contribution in [1.82, 2.24) is 0 Å². The van der Waals surface area contributed by atoms with Crippen LogP contribution in [0.4, 0.5) is 17.6 Å². The second-order valence-corrected chi connectivity index (χ2v) is 4.55. The molecule has 3 rings (SSSR count). The Morgan fingerprint density at radius 3 is 2.62 bits per heavy atom. The molecule has 1 aromatic rings. The molecule has 0 aromatic heterocycles. The van der Waals surface area contributed by atoms with E-state index in [1.165, 1.54) is 30.5 Å². The standard InChI is InChI=1S/C15H9F4NO/c16-12-4-2-1-3-11(12)14-20-13-6-5-10(15(17,18)19)7-9(13)8-21-14/h1-8,13H. The molecular formula is C15H9F4NO. The van der Waals surface area contributed by atoms with Gasteiger partial charge in [0.1, 0.15) is 11.9 Å². The summed E-state index contributed by atoms with van der Waals surface area (Å²) >= 11 is 0. The van der Waals surface area contributed by atoms with Crippen LogP contribution in [0.5, 0.6) is 0 Å². The largest absolute Gasteiger partial charge is 0.446 e. The Kier molecular flexibility index (Phi) is 3.16. The molecule has 0 saturated heterocycles. The molecule has 1 atom stereocenters. The van der Waals surface area contributed by atoms with Gasteiger partial charge in [0.15, 0.2) is 0 Å². The Bertz CT molecular complexity index is 698. The number of allylic oxidation sites excluding steroid dienone is 2. The van der Waals surface area contributed by atoms with Gasteiger partial charge in [-0.15, -0.1) is 0 Å². The average molecular weight is 295 g/mol. The van der Waals surface area contributed by atoms with Crippen molar-refractivity contribution < 1.29 is 22.3 Å². The quantitative estimate of drug-likeness (QED) is 0.720. The minimum Gasteiger partial charge on any atom is -0.446 e. The zero-order valence-electron chi connectivity index (χ0n) is 10.6. The molecular weight excluding hydrogens is 286 g/mol. The van der Waals surface area contributed by atoms with Crippen LogP contribution in [0.3, 0.4) is 0 Å². The SMILES string of the molecule is Fc1ccccc1C1=NC2C=CC(C(F)(F)F)=CC2=CO1. The number of ether oxygens (including phenoxy) is 1. The van der Waals surface area contributed by atoms with Gasteiger partial charge in [-0.3, -0.25) is 0 Å². The highest BCUT2D eigenvalue weighted by Gasteiger charge is 2.35. The van der Waals surface area contributed by atoms with Crippen molar-refractivity contribution in [3.8, 4) is 0 Å². The molecule has 0 fully saturated rings. The molecule has 0 spiro atoms. The molecule has 2 aliphatic rings. The summed E-state index contributed by atoms with van der Waals surface area (Å²) in [5.74, 6) is -0.449. The van der Waals surface area contributed by atoms with Gasteiger partial charge in [-0.1, -0.05) is 24.3 Å². The lowest BCUT2D eigenvalue weighted by Gasteiger charge is -2.22. The first-order valence-corrected chi connectivity index (χ1v) is 6.11. The van der Waals surface area contributed by atoms with E-state index < -0.39 is 23.6 Å². The van der Waals surface area contributed by atoms with Crippen LogP contribution in [0.25, 0.3) is 0 Å². The molecule has 0 amide bonds. The zero-order valence-corrected chi connectivity index (χ0v) is 10.6. The summed E-state index contributed by atoms with van der Waals surface area (Å²) in [4.78, 5) is 4.14. The molecule has 108 valence electrons. The molecule has 0 bridgehead atoms. The number of rotatable bonds is 1. The Labute approximate surface area is 117 Å². The maximum absolute atomic E-state index is 13.7. The van der Waals surface area contributed by atoms with Crippen molar-refractivity contribution in [2.24, 2.45) is 4.99 Å². The summed E-state index contributed by atoms with van der Waals surface area (Å²) in [6, 6.07) is 5.32. The predicted molar refractivity (Wildman–Crippen MR) is 69.2 cm³/mol. The molecule has 1 unspecified atom stereocenters. The number of hydrogen-bond acceptors (Lipinski definition) is 2. The van der Waals surface area contributed by atoms with Crippen molar-refractivity contribution in [3.63, 3.8) is 0 Å². The van der Waals surface area contributed by atoms with Crippen molar-refractivity contribution in [3.05, 3.63) is 71.3 Å². The van der Waals surface area contributed by atoms with Crippen LogP contribution in [0.2, 0.25) is 0 Å². The molecule has 0 N–H and O–H groups in total. The van der Waals surface area contributed by atoms with E-state index in [1.54, 1.807) is 6.07 Å². The van der Waals surface area contributed by atoms with E-state index in [2.05, 4.69) is 4.99 Å². The lowest BCUT2D eigenvalue weighted by molar-refractivity contribution is -0.0883. The molecule has 0 radical (unpaired) electrons. The van der Waals surface area contributed by atoms with Crippen molar-refractivity contribution in [1.29, 1.82) is 0 Å². The van der Waals surface area contributed by atoms with Gasteiger partial charge < -0.3 is 4.74 Å². The number of hydrogen-bond donors (Lipinski definition) is 0. The fourth-order valence-electron chi connectivity index (χ4n) is 2.06. The third-order valence-corrected chi connectivity index (χ3v) is 3.12. The van der Waals surface area contributed by atoms with Crippen LogP contribution in [-0.4, -0.2) is 18.1 Å². The molecule has 21 heavy (non-hydrogen) atoms. The molecule has 0 saturated carbocycles. The second-order valence-electron chi connectivity index (χ2n) is 4.55. The van der Waals surface area contributed by atoms with Gasteiger partial charge in [0.25, 0.3) is 0 Å². The van der Waals surface area contributed by atoms with Crippen molar-refractivity contribution >= 4 is 5.90 Å². The van der Waals surface area contributed by atoms with Gasteiger partial charge >= 0.3 is 6.18 Å². The van der Waals surface area contributed by atoms with Crippen LogP contribution in [0.1, 0.15) is 5.56 Å². The summed E-state index contributed by atoms with van der Waals surface area (Å²) in [5.41, 5.74) is -0.310. The van der Waals surface area contributed by atoms with E-state index in [9.17, 15) is 17.6 Å². The molecule has 2 nitrogen and oxygen atoms in total. The van der Waals surface area contributed by atoms with E-state index in [1.807, 2.05) is 0 Å². The Hall–Kier alpha value is -2.37. The zero-order chi connectivity index (χ0) is 15.0. The summed E-state index contributed by atoms with van der Waals surface area (Å²) in [6.45, 7) is 0. The summed E-state index contributed by atoms with van der Waals surface area (Å²) in [7, 11) is 0. The first kappa shape index (κ1) is 13.6. The molecule has 1 aliphatic carbocycles. The van der Waals surface area contributed by atoms with Gasteiger partial charge in [0.05, 0.1) is 17.4 Å². The average Bonchev–Trinajstić information content (AvgIpc) is 2.46. The monoisotopic (exact) mass is 295 g/mol. The fraction of sp³-hybridized carbons (Fsp3) is 0.133. The second kappa shape index (κ2) is 4.87. The third kappa shape index (κ3) is 2.61. The maximum atomic E-state index is 13.7. The molecule has 1 aromatic carbocycles. The van der Waals surface area contributed by atoms with Gasteiger partial charge in [0, 0.05) is 5.57 Å². The normalized spacial score (nSPS) is 21.0. The predicted octanol–water partition coefficient (Wildman–Crippen LogP) is 3.91. The molecule has 1 aliphatic heterocycles. The molecule has 6 heteroatoms. The van der Waals surface area contributed by atoms with Crippen LogP contribution < -0.4 is 0 Å². The summed E-state index contributed by atoms with van der Waals surface area (Å²) in [5, 5.41) is 0. The number of benzene rings is 1. The fourth-order valence-corrected chi connectivity index (χ4v) is 2.06. The number of fused-ring (bicyclic) bond motifs is 1. The van der Waals surface area contributed by atoms with E-state index in [-0.39, 0.29) is 17.0 Å². The summed E-state index contributed by atoms with van der Waals surface area (Å²) < 4.78 is 56.7. The number of alkyl halides is 3. The topological polar surface area (TPSA) is 21.6 Å². The third-order valence-electron chi connectivity index (χ3n) is 3.12. The number of aliphatic imine (C=N–C) groups is 1. The van der Waals surface area contributed by atoms with E-state index in [0.717, 1.165) is 12.2 Å². The molecule has 1 heterocycles. The van der Waals surface area contributed by atoms with Crippen LogP contribution in [-0.2, 0) is 4.74 Å². The van der Waals surface area contributed by atoms with Gasteiger partial charge in [-0.05, 0) is 18.2 Å². The van der Waals surface area contributed by atoms with Crippen LogP contribution in [0.15, 0.2) is 64.9 Å². The van der Waals surface area contributed by atoms with Crippen molar-refractivity contribution in [2.75, 3.05) is 0 Å². The van der Waals surface area contributed by atoms with E-state index >= 15 is 0 Å². The van der Waals surface area contributed by atoms with Gasteiger partial charge in [0.2, 0.25) is 5.90 Å². The van der Waals surface area contributed by atoms with E-state index in [4.69, 9.17) is 4.74 Å². The van der Waals surface area contributed by atoms with Gasteiger partial charge in [-0.2, -0.15) is 13.2 Å². The highest BCUT2D eigenvalue weighted by molar-refractivity contribution is 5.95. The highest BCUT2D eigenvalue weighted by atomic mass is 19.4. The van der Waals surface area contributed by atoms with Crippen LogP contribution in [0, 0.1) is 5.82 Å². The van der Waals surface area contributed by atoms with Crippen LogP contribution >= 0.6 is 0 Å². The summed E-state index contributed by atoms with van der Waals surface area (Å²) in [6.07, 6.45) is 0.0205. The number of halogens is 4. The van der Waals surface area contributed by atoms with Crippen molar-refractivity contribution in [2.45, 2.75) is 12.2 Å². The smallest absolute Gasteiger partial charge is 0.416 e. The number of nitrogens with zero attached hydrogens (tertiary/aromatic N) is 1. The highest BCUT2D eigenvalue weighted by Crippen LogP contribution is 2.33. The minimum absolute atomic E-state index is 0.0513. The Morgan fingerprint density at radius 2 is 1.90 bits per heavy atom. The maximum Gasteiger partial charge on any atom is 0.416 e. The first-order chi connectivity index (χ1) is 9.95. The Morgan fingerprint density at radius 1 is 1.14 bits per heavy atom. The Balaban J connectivity index is 1.90. The first-order valence-electron chi connectivity index (χ1n) is 6.11. The lowest BCUT2D eigenvalue weighted by atomic mass is 9.97. The lowest BCUT2D eigenvalue weighted by Crippen LogP contribution is -2.22.